The summed E-state index contributed by atoms with van der Waals surface area (Å²) >= 11 is 3.21. The van der Waals surface area contributed by atoms with E-state index in [0.29, 0.717) is 0 Å². The quantitative estimate of drug-likeness (QED) is 0.149. The number of carbonyl (C=O) groups excluding carboxylic acids is 3. The van der Waals surface area contributed by atoms with Gasteiger partial charge in [0.05, 0.1) is 34.6 Å². The number of nitrogens with zero attached hydrogens (tertiary/aromatic N) is 3. The zero-order valence-electron chi connectivity index (χ0n) is 16.6. The summed E-state index contributed by atoms with van der Waals surface area (Å²) < 4.78 is 10.2. The number of allylic oxidation sites excluding steroid dienone is 2. The second-order valence-electron chi connectivity index (χ2n) is 7.62. The molecule has 2 fully saturated rings. The Morgan fingerprint density at radius 2 is 1.90 bits per heavy atom. The van der Waals surface area contributed by atoms with E-state index in [1.165, 1.54) is 32.4 Å². The average Bonchev–Trinajstić information content (AvgIpc) is 3.41. The maximum absolute atomic E-state index is 12.7. The average molecular weight is 492 g/mol. The molecule has 5 atom stereocenters. The molecule has 2 bridgehead atoms. The van der Waals surface area contributed by atoms with Crippen molar-refractivity contribution >= 4 is 45.6 Å². The Morgan fingerprint density at radius 3 is 2.45 bits per heavy atom. The Labute approximate surface area is 185 Å². The van der Waals surface area contributed by atoms with E-state index in [9.17, 15) is 24.5 Å². The number of fused-ring (bicyclic) bond motifs is 5. The van der Waals surface area contributed by atoms with Gasteiger partial charge in [-0.05, 0) is 47.2 Å². The van der Waals surface area contributed by atoms with Crippen molar-refractivity contribution in [3.8, 4) is 5.75 Å². The number of rotatable bonds is 6. The summed E-state index contributed by atoms with van der Waals surface area (Å²) in [6.07, 6.45) is 4.94. The number of hydrogen-bond donors (Lipinski definition) is 0. The van der Waals surface area contributed by atoms with Crippen LogP contribution in [0.2, 0.25) is 0 Å². The molecule has 0 N–H and O–H groups in total. The number of methoxy groups -OCH3 is 1. The van der Waals surface area contributed by atoms with Crippen LogP contribution in [-0.4, -0.2) is 47.1 Å². The van der Waals surface area contributed by atoms with Crippen molar-refractivity contribution in [3.05, 3.63) is 44.4 Å². The Morgan fingerprint density at radius 1 is 1.29 bits per heavy atom. The lowest BCUT2D eigenvalue weighted by molar-refractivity contribution is -0.386. The van der Waals surface area contributed by atoms with E-state index < -0.39 is 22.7 Å². The molecule has 5 unspecified atom stereocenters. The number of carbonyl (C=O) groups is 3. The molecular formula is C20H18BrN3O7. The number of hydrazone groups is 1. The van der Waals surface area contributed by atoms with E-state index in [0.717, 1.165) is 11.4 Å². The van der Waals surface area contributed by atoms with Crippen LogP contribution in [0.3, 0.4) is 0 Å². The standard InChI is InChI=1S/C20H18BrN3O7/c1-9(20(27)30-2)31-17-13(21)5-10(6-14(17)24(28)29)8-22-23-18(25)15-11-3-4-12(7-11)16(15)19(23)26/h3-6,8-9,11-12,15-16H,7H2,1-2H3. The number of ether oxygens (including phenoxy) is 2. The zero-order chi connectivity index (χ0) is 22.4. The van der Waals surface area contributed by atoms with E-state index >= 15 is 0 Å². The maximum Gasteiger partial charge on any atom is 0.346 e. The number of hydrogen-bond acceptors (Lipinski definition) is 8. The van der Waals surface area contributed by atoms with Crippen LogP contribution >= 0.6 is 15.9 Å². The third-order valence-corrected chi connectivity index (χ3v) is 6.43. The van der Waals surface area contributed by atoms with Gasteiger partial charge >= 0.3 is 11.7 Å². The van der Waals surface area contributed by atoms with Crippen LogP contribution in [0.5, 0.6) is 5.75 Å². The van der Waals surface area contributed by atoms with Crippen molar-refractivity contribution in [2.75, 3.05) is 7.11 Å². The molecule has 10 nitrogen and oxygen atoms in total. The molecule has 0 spiro atoms. The molecule has 3 aliphatic rings. The first-order valence-electron chi connectivity index (χ1n) is 9.55. The largest absolute Gasteiger partial charge is 0.471 e. The minimum atomic E-state index is -1.07. The van der Waals surface area contributed by atoms with Crippen LogP contribution < -0.4 is 4.74 Å². The summed E-state index contributed by atoms with van der Waals surface area (Å²) in [6.45, 7) is 1.40. The molecule has 162 valence electrons. The molecule has 1 aromatic carbocycles. The zero-order valence-corrected chi connectivity index (χ0v) is 18.1. The van der Waals surface area contributed by atoms with Crippen LogP contribution in [0, 0.1) is 33.8 Å². The van der Waals surface area contributed by atoms with Crippen LogP contribution in [0.1, 0.15) is 18.9 Å². The summed E-state index contributed by atoms with van der Waals surface area (Å²) in [7, 11) is 1.18. The molecule has 1 heterocycles. The van der Waals surface area contributed by atoms with Crippen molar-refractivity contribution < 1.29 is 28.8 Å². The van der Waals surface area contributed by atoms with Gasteiger partial charge in [-0.1, -0.05) is 12.2 Å². The first-order valence-corrected chi connectivity index (χ1v) is 10.3. The molecular weight excluding hydrogens is 474 g/mol. The van der Waals surface area contributed by atoms with Crippen LogP contribution in [0.4, 0.5) is 5.69 Å². The molecule has 11 heteroatoms. The molecule has 4 rings (SSSR count). The van der Waals surface area contributed by atoms with Crippen LogP contribution in [0.15, 0.2) is 33.9 Å². The van der Waals surface area contributed by atoms with Gasteiger partial charge in [-0.2, -0.15) is 10.1 Å². The van der Waals surface area contributed by atoms with Crippen molar-refractivity contribution in [1.82, 2.24) is 5.01 Å². The molecule has 1 aliphatic heterocycles. The topological polar surface area (TPSA) is 128 Å². The Balaban J connectivity index is 1.59. The van der Waals surface area contributed by atoms with Crippen molar-refractivity contribution in [2.24, 2.45) is 28.8 Å². The lowest BCUT2D eigenvalue weighted by Gasteiger charge is -2.14. The molecule has 2 aliphatic carbocycles. The van der Waals surface area contributed by atoms with Gasteiger partial charge in [-0.3, -0.25) is 19.7 Å². The van der Waals surface area contributed by atoms with E-state index in [1.54, 1.807) is 0 Å². The van der Waals surface area contributed by atoms with Gasteiger partial charge in [-0.15, -0.1) is 0 Å². The Hall–Kier alpha value is -3.08. The highest BCUT2D eigenvalue weighted by molar-refractivity contribution is 9.10. The number of nitro benzene ring substituents is 1. The number of nitro groups is 1. The molecule has 0 radical (unpaired) electrons. The highest BCUT2D eigenvalue weighted by atomic mass is 79.9. The van der Waals surface area contributed by atoms with Gasteiger partial charge < -0.3 is 9.47 Å². The Kier molecular flexibility index (Phi) is 5.38. The summed E-state index contributed by atoms with van der Waals surface area (Å²) in [4.78, 5) is 47.9. The summed E-state index contributed by atoms with van der Waals surface area (Å²) in [5, 5.41) is 16.4. The summed E-state index contributed by atoms with van der Waals surface area (Å²) in [5.41, 5.74) is -0.139. The van der Waals surface area contributed by atoms with Crippen molar-refractivity contribution in [3.63, 3.8) is 0 Å². The second kappa shape index (κ2) is 7.88. The van der Waals surface area contributed by atoms with E-state index in [1.807, 2.05) is 12.2 Å². The maximum atomic E-state index is 12.7. The first kappa shape index (κ1) is 21.2. The van der Waals surface area contributed by atoms with Gasteiger partial charge in [0.2, 0.25) is 5.75 Å². The fourth-order valence-electron chi connectivity index (χ4n) is 4.44. The van der Waals surface area contributed by atoms with Crippen molar-refractivity contribution in [2.45, 2.75) is 19.4 Å². The first-order chi connectivity index (χ1) is 14.7. The van der Waals surface area contributed by atoms with Gasteiger partial charge in [0.15, 0.2) is 6.10 Å². The predicted octanol–water partition coefficient (Wildman–Crippen LogP) is 2.44. The number of benzene rings is 1. The molecule has 2 amide bonds. The Bertz CT molecular complexity index is 1020. The minimum Gasteiger partial charge on any atom is -0.471 e. The summed E-state index contributed by atoms with van der Waals surface area (Å²) in [5.74, 6) is -2.15. The normalized spacial score (nSPS) is 27.1. The highest BCUT2D eigenvalue weighted by Gasteiger charge is 2.59. The number of imide groups is 1. The molecule has 1 saturated heterocycles. The van der Waals surface area contributed by atoms with Gasteiger partial charge in [0, 0.05) is 11.6 Å². The smallest absolute Gasteiger partial charge is 0.346 e. The van der Waals surface area contributed by atoms with Crippen LogP contribution in [0.25, 0.3) is 0 Å². The summed E-state index contributed by atoms with van der Waals surface area (Å²) in [6, 6.07) is 2.66. The third-order valence-electron chi connectivity index (χ3n) is 5.84. The third kappa shape index (κ3) is 3.52. The van der Waals surface area contributed by atoms with Crippen LogP contribution in [-0.2, 0) is 19.1 Å². The SMILES string of the molecule is COC(=O)C(C)Oc1c(Br)cc(C=NN2C(=O)C3C4C=CC(C4)C3C2=O)cc1[N+](=O)[O-]. The van der Waals surface area contributed by atoms with Gasteiger partial charge in [0.1, 0.15) is 0 Å². The van der Waals surface area contributed by atoms with Gasteiger partial charge in [-0.25, -0.2) is 4.79 Å². The van der Waals surface area contributed by atoms with Gasteiger partial charge in [0.25, 0.3) is 11.8 Å². The number of esters is 1. The minimum absolute atomic E-state index is 0.0649. The second-order valence-corrected chi connectivity index (χ2v) is 8.48. The lowest BCUT2D eigenvalue weighted by atomic mass is 9.85. The molecule has 0 aromatic heterocycles. The monoisotopic (exact) mass is 491 g/mol. The van der Waals surface area contributed by atoms with E-state index in [2.05, 4.69) is 25.8 Å². The highest BCUT2D eigenvalue weighted by Crippen LogP contribution is 2.52. The van der Waals surface area contributed by atoms with Crippen molar-refractivity contribution in [1.29, 1.82) is 0 Å². The lowest BCUT2D eigenvalue weighted by Crippen LogP contribution is -2.28. The number of amides is 2. The fourth-order valence-corrected chi connectivity index (χ4v) is 5.00. The van der Waals surface area contributed by atoms with E-state index in [-0.39, 0.29) is 51.3 Å². The molecule has 1 saturated carbocycles. The van der Waals surface area contributed by atoms with E-state index in [4.69, 9.17) is 4.74 Å². The predicted molar refractivity (Wildman–Crippen MR) is 110 cm³/mol. The molecule has 31 heavy (non-hydrogen) atoms. The molecule has 1 aromatic rings. The number of halogens is 1. The fraction of sp³-hybridized carbons (Fsp3) is 0.400.